The second-order valence-corrected chi connectivity index (χ2v) is 7.18. The maximum absolute atomic E-state index is 11.1. The normalized spacial score (nSPS) is 26.5. The summed E-state index contributed by atoms with van der Waals surface area (Å²) in [6.45, 7) is 5.36. The molecule has 0 spiro atoms. The number of benzene rings is 2. The van der Waals surface area contributed by atoms with Gasteiger partial charge in [0.2, 0.25) is 5.91 Å². The highest BCUT2D eigenvalue weighted by molar-refractivity contribution is 5.86. The predicted molar refractivity (Wildman–Crippen MR) is 100.0 cm³/mol. The lowest BCUT2D eigenvalue weighted by Gasteiger charge is -2.36. The lowest BCUT2D eigenvalue weighted by atomic mass is 9.83. The molecule has 0 aliphatic carbocycles. The van der Waals surface area contributed by atoms with E-state index in [-0.39, 0.29) is 5.91 Å². The van der Waals surface area contributed by atoms with Crippen molar-refractivity contribution < 1.29 is 4.79 Å². The molecule has 25 heavy (non-hydrogen) atoms. The van der Waals surface area contributed by atoms with Crippen molar-refractivity contribution in [2.45, 2.75) is 25.4 Å². The molecule has 0 saturated carbocycles. The summed E-state index contributed by atoms with van der Waals surface area (Å²) in [6, 6.07) is 16.0. The van der Waals surface area contributed by atoms with Gasteiger partial charge in [0.25, 0.3) is 0 Å². The molecule has 5 nitrogen and oxygen atoms in total. The molecule has 2 aliphatic rings. The van der Waals surface area contributed by atoms with Gasteiger partial charge in [-0.3, -0.25) is 10.2 Å². The Balaban J connectivity index is 1.52. The fraction of sp³-hybridized carbons (Fsp3) is 0.450. The van der Waals surface area contributed by atoms with Crippen LogP contribution < -0.4 is 16.2 Å². The van der Waals surface area contributed by atoms with E-state index in [0.29, 0.717) is 18.0 Å². The van der Waals surface area contributed by atoms with Crippen LogP contribution >= 0.6 is 0 Å². The summed E-state index contributed by atoms with van der Waals surface area (Å²) in [5.74, 6) is 0.588. The zero-order valence-electron chi connectivity index (χ0n) is 14.7. The summed E-state index contributed by atoms with van der Waals surface area (Å²) < 4.78 is 0. The number of piperidine rings is 1. The van der Waals surface area contributed by atoms with Crippen LogP contribution in [0.2, 0.25) is 0 Å². The van der Waals surface area contributed by atoms with Crippen molar-refractivity contribution in [3.05, 3.63) is 48.0 Å². The third kappa shape index (κ3) is 3.40. The van der Waals surface area contributed by atoms with E-state index in [1.54, 1.807) is 6.92 Å². The number of carbonyl (C=O) groups is 1. The van der Waals surface area contributed by atoms with Gasteiger partial charge in [-0.2, -0.15) is 0 Å². The molecule has 3 unspecified atom stereocenters. The number of nitrogens with one attached hydrogen (secondary N) is 3. The Hall–Kier alpha value is -1.95. The van der Waals surface area contributed by atoms with Gasteiger partial charge in [0.1, 0.15) is 0 Å². The Morgan fingerprint density at radius 1 is 1.20 bits per heavy atom. The van der Waals surface area contributed by atoms with Gasteiger partial charge in [0.15, 0.2) is 0 Å². The molecule has 2 saturated heterocycles. The van der Waals surface area contributed by atoms with Gasteiger partial charge in [-0.25, -0.2) is 5.43 Å². The molecular formula is C20H26N4O. The average Bonchev–Trinajstić information content (AvgIpc) is 3.04. The fourth-order valence-corrected chi connectivity index (χ4v) is 4.30. The van der Waals surface area contributed by atoms with Crippen LogP contribution in [0.4, 0.5) is 0 Å². The SMILES string of the molecule is CC(=O)NCCN1CCC2NNC(c3cccc4ccccc34)C2C1. The summed E-state index contributed by atoms with van der Waals surface area (Å²) in [6.07, 6.45) is 1.14. The Labute approximate surface area is 148 Å². The molecule has 132 valence electrons. The van der Waals surface area contributed by atoms with Gasteiger partial charge >= 0.3 is 0 Å². The number of carbonyl (C=O) groups excluding carboxylic acids is 1. The lowest BCUT2D eigenvalue weighted by molar-refractivity contribution is -0.119. The van der Waals surface area contributed by atoms with E-state index in [4.69, 9.17) is 0 Å². The average molecular weight is 338 g/mol. The summed E-state index contributed by atoms with van der Waals surface area (Å²) in [4.78, 5) is 13.6. The molecule has 0 aromatic heterocycles. The van der Waals surface area contributed by atoms with E-state index in [9.17, 15) is 4.79 Å². The second-order valence-electron chi connectivity index (χ2n) is 7.18. The van der Waals surface area contributed by atoms with Crippen molar-refractivity contribution in [3.63, 3.8) is 0 Å². The molecule has 0 radical (unpaired) electrons. The lowest BCUT2D eigenvalue weighted by Crippen LogP contribution is -2.47. The van der Waals surface area contributed by atoms with E-state index in [2.05, 4.69) is 63.5 Å². The van der Waals surface area contributed by atoms with Crippen LogP contribution in [0.15, 0.2) is 42.5 Å². The van der Waals surface area contributed by atoms with Crippen LogP contribution in [0.1, 0.15) is 24.9 Å². The number of fused-ring (bicyclic) bond motifs is 2. The fourth-order valence-electron chi connectivity index (χ4n) is 4.30. The highest BCUT2D eigenvalue weighted by Gasteiger charge is 2.40. The third-order valence-corrected chi connectivity index (χ3v) is 5.55. The molecule has 2 aromatic rings. The molecule has 2 aliphatic heterocycles. The highest BCUT2D eigenvalue weighted by Crippen LogP contribution is 2.36. The van der Waals surface area contributed by atoms with Crippen LogP contribution in [0.3, 0.4) is 0 Å². The summed E-state index contributed by atoms with van der Waals surface area (Å²) in [7, 11) is 0. The van der Waals surface area contributed by atoms with Crippen molar-refractivity contribution in [1.82, 2.24) is 21.1 Å². The first-order chi connectivity index (χ1) is 12.2. The van der Waals surface area contributed by atoms with E-state index < -0.39 is 0 Å². The first-order valence-corrected chi connectivity index (χ1v) is 9.18. The van der Waals surface area contributed by atoms with Crippen LogP contribution in [0.5, 0.6) is 0 Å². The topological polar surface area (TPSA) is 56.4 Å². The standard InChI is InChI=1S/C20H26N4O/c1-14(25)21-10-12-24-11-9-19-18(13-24)20(23-22-19)17-8-4-6-15-5-2-3-7-16(15)17/h2-8,18-20,22-23H,9-13H2,1H3,(H,21,25). The van der Waals surface area contributed by atoms with E-state index in [0.717, 1.165) is 32.6 Å². The smallest absolute Gasteiger partial charge is 0.216 e. The number of nitrogens with zero attached hydrogens (tertiary/aromatic N) is 1. The number of rotatable bonds is 4. The Morgan fingerprint density at radius 2 is 2.04 bits per heavy atom. The Kier molecular flexibility index (Phi) is 4.70. The molecule has 3 N–H and O–H groups in total. The summed E-state index contributed by atoms with van der Waals surface area (Å²) in [5.41, 5.74) is 8.45. The first-order valence-electron chi connectivity index (χ1n) is 9.18. The van der Waals surface area contributed by atoms with Crippen LogP contribution in [0.25, 0.3) is 10.8 Å². The van der Waals surface area contributed by atoms with Gasteiger partial charge in [-0.1, -0.05) is 42.5 Å². The van der Waals surface area contributed by atoms with E-state index >= 15 is 0 Å². The van der Waals surface area contributed by atoms with Crippen LogP contribution in [-0.4, -0.2) is 43.0 Å². The largest absolute Gasteiger partial charge is 0.355 e. The number of hydrogen-bond acceptors (Lipinski definition) is 4. The van der Waals surface area contributed by atoms with Gasteiger partial charge < -0.3 is 10.2 Å². The molecule has 4 rings (SSSR count). The maximum Gasteiger partial charge on any atom is 0.216 e. The molecule has 0 bridgehead atoms. The monoisotopic (exact) mass is 338 g/mol. The molecule has 5 heteroatoms. The van der Waals surface area contributed by atoms with E-state index in [1.807, 2.05) is 0 Å². The molecular weight excluding hydrogens is 312 g/mol. The second kappa shape index (κ2) is 7.12. The molecule has 1 amide bonds. The predicted octanol–water partition coefficient (Wildman–Crippen LogP) is 1.82. The van der Waals surface area contributed by atoms with Crippen LogP contribution in [0, 0.1) is 5.92 Å². The van der Waals surface area contributed by atoms with Crippen molar-refractivity contribution in [1.29, 1.82) is 0 Å². The molecule has 2 aromatic carbocycles. The van der Waals surface area contributed by atoms with Crippen molar-refractivity contribution in [2.24, 2.45) is 5.92 Å². The summed E-state index contributed by atoms with van der Waals surface area (Å²) in [5, 5.41) is 5.54. The quantitative estimate of drug-likeness (QED) is 0.796. The summed E-state index contributed by atoms with van der Waals surface area (Å²) >= 11 is 0. The number of amides is 1. The zero-order valence-corrected chi connectivity index (χ0v) is 14.7. The number of hydrazine groups is 1. The van der Waals surface area contributed by atoms with Gasteiger partial charge in [0.05, 0.1) is 6.04 Å². The van der Waals surface area contributed by atoms with Crippen molar-refractivity contribution in [3.8, 4) is 0 Å². The van der Waals surface area contributed by atoms with E-state index in [1.165, 1.54) is 16.3 Å². The third-order valence-electron chi connectivity index (χ3n) is 5.55. The van der Waals surface area contributed by atoms with Crippen molar-refractivity contribution in [2.75, 3.05) is 26.2 Å². The number of likely N-dealkylation sites (tertiary alicyclic amines) is 1. The van der Waals surface area contributed by atoms with Crippen LogP contribution in [-0.2, 0) is 4.79 Å². The Morgan fingerprint density at radius 3 is 2.92 bits per heavy atom. The Bertz CT molecular complexity index is 757. The highest BCUT2D eigenvalue weighted by atomic mass is 16.1. The zero-order chi connectivity index (χ0) is 17.2. The first kappa shape index (κ1) is 16.5. The minimum absolute atomic E-state index is 0.0488. The van der Waals surface area contributed by atoms with Gasteiger partial charge in [0, 0.05) is 38.5 Å². The van der Waals surface area contributed by atoms with Gasteiger partial charge in [-0.15, -0.1) is 0 Å². The molecule has 3 atom stereocenters. The number of hydrogen-bond donors (Lipinski definition) is 3. The van der Waals surface area contributed by atoms with Crippen molar-refractivity contribution >= 4 is 16.7 Å². The molecule has 2 fully saturated rings. The maximum atomic E-state index is 11.1. The minimum atomic E-state index is 0.0488. The molecule has 2 heterocycles. The minimum Gasteiger partial charge on any atom is -0.355 e. The van der Waals surface area contributed by atoms with Gasteiger partial charge in [-0.05, 0) is 29.3 Å².